The molecule has 0 aromatic heterocycles. The molecule has 1 N–H and O–H groups in total. The maximum Gasteiger partial charge on any atom is 0.303 e. The van der Waals surface area contributed by atoms with Crippen molar-refractivity contribution in [1.29, 1.82) is 0 Å². The molecule has 1 aliphatic rings. The van der Waals surface area contributed by atoms with Crippen molar-refractivity contribution in [3.63, 3.8) is 0 Å². The lowest BCUT2D eigenvalue weighted by atomic mass is 9.87. The molecule has 1 aromatic carbocycles. The maximum atomic E-state index is 11.1. The summed E-state index contributed by atoms with van der Waals surface area (Å²) in [6, 6.07) is 1.86. The van der Waals surface area contributed by atoms with Gasteiger partial charge in [0, 0.05) is 0 Å². The fourth-order valence-electron chi connectivity index (χ4n) is 2.73. The van der Waals surface area contributed by atoms with Gasteiger partial charge in [-0.3, -0.25) is 4.79 Å². The van der Waals surface area contributed by atoms with E-state index in [-0.39, 0.29) is 12.3 Å². The van der Waals surface area contributed by atoms with E-state index in [0.717, 1.165) is 24.0 Å². The van der Waals surface area contributed by atoms with Gasteiger partial charge in [-0.25, -0.2) is 0 Å². The Bertz CT molecular complexity index is 523. The van der Waals surface area contributed by atoms with E-state index in [2.05, 4.69) is 0 Å². The van der Waals surface area contributed by atoms with Crippen molar-refractivity contribution in [2.75, 3.05) is 14.2 Å². The van der Waals surface area contributed by atoms with Crippen LogP contribution in [0.3, 0.4) is 0 Å². The van der Waals surface area contributed by atoms with Crippen LogP contribution in [0.15, 0.2) is 6.07 Å². The average Bonchev–Trinajstić information content (AvgIpc) is 3.20. The van der Waals surface area contributed by atoms with Gasteiger partial charge in [0.05, 0.1) is 25.7 Å². The van der Waals surface area contributed by atoms with Crippen molar-refractivity contribution in [2.24, 2.45) is 5.92 Å². The highest BCUT2D eigenvalue weighted by Gasteiger charge is 2.36. The molecule has 0 saturated heterocycles. The summed E-state index contributed by atoms with van der Waals surface area (Å²) in [7, 11) is 3.09. The lowest BCUT2D eigenvalue weighted by Crippen LogP contribution is -2.11. The SMILES string of the molecule is COc1cc(C)c(C(CC(=O)O)C2CC2)c(Cl)c1OC. The zero-order valence-electron chi connectivity index (χ0n) is 11.9. The Morgan fingerprint density at radius 2 is 2.10 bits per heavy atom. The summed E-state index contributed by atoms with van der Waals surface area (Å²) in [5, 5.41) is 9.61. The Hall–Kier alpha value is -1.42. The number of methoxy groups -OCH3 is 2. The van der Waals surface area contributed by atoms with Gasteiger partial charge in [-0.15, -0.1) is 0 Å². The Labute approximate surface area is 123 Å². The normalized spacial score (nSPS) is 15.8. The minimum absolute atomic E-state index is 0.0557. The predicted molar refractivity (Wildman–Crippen MR) is 77.0 cm³/mol. The molecule has 110 valence electrons. The summed E-state index contributed by atoms with van der Waals surface area (Å²) in [5.41, 5.74) is 1.83. The third kappa shape index (κ3) is 2.85. The van der Waals surface area contributed by atoms with E-state index in [1.165, 1.54) is 7.11 Å². The van der Waals surface area contributed by atoms with Crippen LogP contribution in [0, 0.1) is 12.8 Å². The van der Waals surface area contributed by atoms with Crippen molar-refractivity contribution in [2.45, 2.75) is 32.1 Å². The van der Waals surface area contributed by atoms with Gasteiger partial charge in [0.25, 0.3) is 0 Å². The van der Waals surface area contributed by atoms with E-state index >= 15 is 0 Å². The third-order valence-corrected chi connectivity index (χ3v) is 4.19. The minimum Gasteiger partial charge on any atom is -0.493 e. The molecule has 1 atom stereocenters. The molecule has 0 bridgehead atoms. The number of benzene rings is 1. The quantitative estimate of drug-likeness (QED) is 0.871. The number of carboxylic acids is 1. The number of aliphatic carboxylic acids is 1. The van der Waals surface area contributed by atoms with Crippen LogP contribution >= 0.6 is 11.6 Å². The number of aryl methyl sites for hydroxylation is 1. The molecule has 4 nitrogen and oxygen atoms in total. The highest BCUT2D eigenvalue weighted by molar-refractivity contribution is 6.33. The molecule has 2 rings (SSSR count). The van der Waals surface area contributed by atoms with Crippen molar-refractivity contribution in [1.82, 2.24) is 0 Å². The highest BCUT2D eigenvalue weighted by Crippen LogP contribution is 2.50. The van der Waals surface area contributed by atoms with Crippen molar-refractivity contribution >= 4 is 17.6 Å². The van der Waals surface area contributed by atoms with Gasteiger partial charge in [-0.05, 0) is 48.8 Å². The van der Waals surface area contributed by atoms with Gasteiger partial charge in [0.15, 0.2) is 11.5 Å². The van der Waals surface area contributed by atoms with Gasteiger partial charge in [-0.1, -0.05) is 11.6 Å². The molecule has 1 aromatic rings. The molecule has 1 saturated carbocycles. The monoisotopic (exact) mass is 298 g/mol. The number of carbonyl (C=O) groups is 1. The van der Waals surface area contributed by atoms with Crippen LogP contribution in [0.5, 0.6) is 11.5 Å². The van der Waals surface area contributed by atoms with Crippen molar-refractivity contribution in [3.05, 3.63) is 22.2 Å². The first-order valence-corrected chi connectivity index (χ1v) is 7.00. The first kappa shape index (κ1) is 15.0. The first-order valence-electron chi connectivity index (χ1n) is 6.62. The topological polar surface area (TPSA) is 55.8 Å². The molecule has 1 aliphatic carbocycles. The molecule has 0 spiro atoms. The summed E-state index contributed by atoms with van der Waals surface area (Å²) in [5.74, 6) is 0.599. The van der Waals surface area contributed by atoms with Crippen LogP contribution < -0.4 is 9.47 Å². The van der Waals surface area contributed by atoms with Gasteiger partial charge in [-0.2, -0.15) is 0 Å². The van der Waals surface area contributed by atoms with Crippen molar-refractivity contribution in [3.8, 4) is 11.5 Å². The summed E-state index contributed by atoms with van der Waals surface area (Å²) in [6.07, 6.45) is 2.21. The molecule has 0 aliphatic heterocycles. The fourth-order valence-corrected chi connectivity index (χ4v) is 3.19. The molecule has 1 unspecified atom stereocenters. The van der Waals surface area contributed by atoms with Gasteiger partial charge in [0.1, 0.15) is 0 Å². The third-order valence-electron chi connectivity index (χ3n) is 3.81. The minimum atomic E-state index is -0.799. The second-order valence-electron chi connectivity index (χ2n) is 5.20. The van der Waals surface area contributed by atoms with E-state index in [4.69, 9.17) is 26.2 Å². The Morgan fingerprint density at radius 1 is 1.45 bits per heavy atom. The van der Waals surface area contributed by atoms with E-state index in [1.54, 1.807) is 7.11 Å². The van der Waals surface area contributed by atoms with Gasteiger partial charge in [0.2, 0.25) is 0 Å². The molecular formula is C15H19ClO4. The summed E-state index contributed by atoms with van der Waals surface area (Å²) < 4.78 is 10.6. The molecule has 20 heavy (non-hydrogen) atoms. The standard InChI is InChI=1S/C15H19ClO4/c1-8-6-11(19-2)15(20-3)14(16)13(8)10(7-12(17)18)9-4-5-9/h6,9-10H,4-5,7H2,1-3H3,(H,17,18). The molecular weight excluding hydrogens is 280 g/mol. The highest BCUT2D eigenvalue weighted by atomic mass is 35.5. The van der Waals surface area contributed by atoms with E-state index < -0.39 is 5.97 Å². The maximum absolute atomic E-state index is 11.1. The Balaban J connectivity index is 2.51. The van der Waals surface area contributed by atoms with E-state index in [9.17, 15) is 4.79 Å². The van der Waals surface area contributed by atoms with E-state index in [0.29, 0.717) is 22.4 Å². The molecule has 1 fully saturated rings. The van der Waals surface area contributed by atoms with Gasteiger partial charge >= 0.3 is 5.97 Å². The predicted octanol–water partition coefficient (Wildman–Crippen LogP) is 3.63. The molecule has 0 amide bonds. The number of hydrogen-bond acceptors (Lipinski definition) is 3. The number of halogens is 1. The lowest BCUT2D eigenvalue weighted by molar-refractivity contribution is -0.137. The summed E-state index contributed by atoms with van der Waals surface area (Å²) in [6.45, 7) is 1.93. The molecule has 0 radical (unpaired) electrons. The summed E-state index contributed by atoms with van der Waals surface area (Å²) >= 11 is 6.45. The Morgan fingerprint density at radius 3 is 2.55 bits per heavy atom. The second kappa shape index (κ2) is 5.92. The summed E-state index contributed by atoms with van der Waals surface area (Å²) in [4.78, 5) is 11.1. The fraction of sp³-hybridized carbons (Fsp3) is 0.533. The van der Waals surface area contributed by atoms with Crippen LogP contribution in [0.25, 0.3) is 0 Å². The van der Waals surface area contributed by atoms with Crippen LogP contribution in [-0.2, 0) is 4.79 Å². The van der Waals surface area contributed by atoms with Crippen LogP contribution in [0.4, 0.5) is 0 Å². The zero-order valence-corrected chi connectivity index (χ0v) is 12.7. The number of carboxylic acid groups (broad SMARTS) is 1. The van der Waals surface area contributed by atoms with Crippen LogP contribution in [0.2, 0.25) is 5.02 Å². The van der Waals surface area contributed by atoms with Crippen molar-refractivity contribution < 1.29 is 19.4 Å². The molecule has 0 heterocycles. The van der Waals surface area contributed by atoms with Gasteiger partial charge < -0.3 is 14.6 Å². The Kier molecular flexibility index (Phi) is 4.43. The lowest BCUT2D eigenvalue weighted by Gasteiger charge is -2.22. The second-order valence-corrected chi connectivity index (χ2v) is 5.58. The van der Waals surface area contributed by atoms with Crippen LogP contribution in [-0.4, -0.2) is 25.3 Å². The smallest absolute Gasteiger partial charge is 0.303 e. The van der Waals surface area contributed by atoms with Crippen LogP contribution in [0.1, 0.15) is 36.3 Å². The zero-order chi connectivity index (χ0) is 14.9. The van der Waals surface area contributed by atoms with E-state index in [1.807, 2.05) is 13.0 Å². The first-order chi connectivity index (χ1) is 9.49. The number of ether oxygens (including phenoxy) is 2. The number of hydrogen-bond donors (Lipinski definition) is 1. The largest absolute Gasteiger partial charge is 0.493 e. The number of rotatable bonds is 6. The average molecular weight is 299 g/mol. The molecule has 5 heteroatoms.